The van der Waals surface area contributed by atoms with Crippen LogP contribution in [0.2, 0.25) is 0 Å². The number of carbonyl (C=O) groups is 1. The van der Waals surface area contributed by atoms with Crippen LogP contribution in [0.4, 0.5) is 5.69 Å². The lowest BCUT2D eigenvalue weighted by molar-refractivity contribution is -0.113. The fourth-order valence-corrected chi connectivity index (χ4v) is 4.43. The molecule has 0 saturated carbocycles. The van der Waals surface area contributed by atoms with Crippen molar-refractivity contribution in [1.82, 2.24) is 9.97 Å². The van der Waals surface area contributed by atoms with Gasteiger partial charge in [-0.1, -0.05) is 60.3 Å². The van der Waals surface area contributed by atoms with Gasteiger partial charge in [-0.05, 0) is 19.1 Å². The van der Waals surface area contributed by atoms with Crippen LogP contribution in [0.25, 0.3) is 22.2 Å². The molecule has 0 aliphatic carbocycles. The van der Waals surface area contributed by atoms with Crippen molar-refractivity contribution in [2.24, 2.45) is 0 Å². The Kier molecular flexibility index (Phi) is 5.18. The SMILES string of the molecule is Cc1cc(NC(=O)CSc2nc(-c3ccccc3)cs2)c2ccccc2n1. The summed E-state index contributed by atoms with van der Waals surface area (Å²) in [6.45, 7) is 1.93. The Bertz CT molecular complexity index is 1090. The van der Waals surface area contributed by atoms with Crippen LogP contribution in [0.1, 0.15) is 5.69 Å². The highest BCUT2D eigenvalue weighted by molar-refractivity contribution is 8.01. The molecule has 2 aromatic carbocycles. The zero-order valence-corrected chi connectivity index (χ0v) is 16.3. The number of anilines is 1. The van der Waals surface area contributed by atoms with Gasteiger partial charge >= 0.3 is 0 Å². The molecular weight excluding hydrogens is 374 g/mol. The third kappa shape index (κ3) is 4.18. The molecule has 0 atom stereocenters. The number of aromatic nitrogens is 2. The molecule has 4 nitrogen and oxygen atoms in total. The first-order chi connectivity index (χ1) is 13.2. The van der Waals surface area contributed by atoms with Crippen LogP contribution in [0.3, 0.4) is 0 Å². The Morgan fingerprint density at radius 2 is 1.85 bits per heavy atom. The third-order valence-electron chi connectivity index (χ3n) is 4.00. The van der Waals surface area contributed by atoms with Crippen LogP contribution < -0.4 is 5.32 Å². The number of carbonyl (C=O) groups excluding carboxylic acids is 1. The molecule has 0 aliphatic rings. The molecule has 0 saturated heterocycles. The number of amides is 1. The summed E-state index contributed by atoms with van der Waals surface area (Å²) in [6, 6.07) is 19.8. The number of nitrogens with one attached hydrogen (secondary N) is 1. The summed E-state index contributed by atoms with van der Waals surface area (Å²) in [5, 5.41) is 5.98. The van der Waals surface area contributed by atoms with Crippen LogP contribution in [0.15, 0.2) is 70.4 Å². The Balaban J connectivity index is 1.43. The molecule has 0 radical (unpaired) electrons. The van der Waals surface area contributed by atoms with Crippen molar-refractivity contribution in [3.63, 3.8) is 0 Å². The fourth-order valence-electron chi connectivity index (χ4n) is 2.79. The average Bonchev–Trinajstić information content (AvgIpc) is 3.16. The van der Waals surface area contributed by atoms with E-state index < -0.39 is 0 Å². The maximum Gasteiger partial charge on any atom is 0.234 e. The van der Waals surface area contributed by atoms with E-state index >= 15 is 0 Å². The highest BCUT2D eigenvalue weighted by atomic mass is 32.2. The molecule has 27 heavy (non-hydrogen) atoms. The van der Waals surface area contributed by atoms with Crippen LogP contribution in [-0.4, -0.2) is 21.6 Å². The lowest BCUT2D eigenvalue weighted by atomic mass is 10.1. The molecule has 1 amide bonds. The van der Waals surface area contributed by atoms with Crippen LogP contribution in [0, 0.1) is 6.92 Å². The topological polar surface area (TPSA) is 54.9 Å². The van der Waals surface area contributed by atoms with E-state index in [1.165, 1.54) is 11.8 Å². The Morgan fingerprint density at radius 3 is 2.70 bits per heavy atom. The molecular formula is C21H17N3OS2. The number of para-hydroxylation sites is 1. The molecule has 134 valence electrons. The minimum absolute atomic E-state index is 0.0489. The van der Waals surface area contributed by atoms with Gasteiger partial charge in [-0.15, -0.1) is 11.3 Å². The maximum absolute atomic E-state index is 12.4. The minimum Gasteiger partial charge on any atom is -0.325 e. The first-order valence-electron chi connectivity index (χ1n) is 8.49. The van der Waals surface area contributed by atoms with E-state index in [2.05, 4.69) is 15.3 Å². The normalized spacial score (nSPS) is 10.9. The van der Waals surface area contributed by atoms with Crippen molar-refractivity contribution in [3.8, 4) is 11.3 Å². The number of benzene rings is 2. The third-order valence-corrected chi connectivity index (χ3v) is 6.02. The molecule has 6 heteroatoms. The summed E-state index contributed by atoms with van der Waals surface area (Å²) < 4.78 is 0.889. The van der Waals surface area contributed by atoms with Crippen molar-refractivity contribution in [2.45, 2.75) is 11.3 Å². The quantitative estimate of drug-likeness (QED) is 0.463. The molecule has 4 aromatic rings. The highest BCUT2D eigenvalue weighted by Gasteiger charge is 2.10. The van der Waals surface area contributed by atoms with E-state index in [4.69, 9.17) is 0 Å². The highest BCUT2D eigenvalue weighted by Crippen LogP contribution is 2.29. The second-order valence-electron chi connectivity index (χ2n) is 6.03. The van der Waals surface area contributed by atoms with Gasteiger partial charge in [0, 0.05) is 22.0 Å². The molecule has 0 aliphatic heterocycles. The van der Waals surface area contributed by atoms with E-state index in [0.717, 1.165) is 37.9 Å². The first-order valence-corrected chi connectivity index (χ1v) is 10.4. The second kappa shape index (κ2) is 7.90. The number of rotatable bonds is 5. The summed E-state index contributed by atoms with van der Waals surface area (Å²) in [7, 11) is 0. The zero-order chi connectivity index (χ0) is 18.6. The molecule has 0 fully saturated rings. The largest absolute Gasteiger partial charge is 0.325 e. The summed E-state index contributed by atoms with van der Waals surface area (Å²) in [5.41, 5.74) is 4.59. The monoisotopic (exact) mass is 391 g/mol. The summed E-state index contributed by atoms with van der Waals surface area (Å²) >= 11 is 3.01. The van der Waals surface area contributed by atoms with Crippen LogP contribution in [-0.2, 0) is 4.79 Å². The predicted molar refractivity (Wildman–Crippen MR) is 113 cm³/mol. The van der Waals surface area contributed by atoms with E-state index in [0.29, 0.717) is 5.75 Å². The number of pyridine rings is 1. The summed E-state index contributed by atoms with van der Waals surface area (Å²) in [4.78, 5) is 21.6. The van der Waals surface area contributed by atoms with Crippen molar-refractivity contribution in [2.75, 3.05) is 11.1 Å². The lowest BCUT2D eigenvalue weighted by Gasteiger charge is -2.09. The standard InChI is InChI=1S/C21H17N3OS2/c1-14-11-18(16-9-5-6-10-17(16)22-14)23-20(25)13-27-21-24-19(12-26-21)15-7-3-2-4-8-15/h2-12H,13H2,1H3,(H,22,23,25). The number of thioether (sulfide) groups is 1. The lowest BCUT2D eigenvalue weighted by Crippen LogP contribution is -2.14. The number of aryl methyl sites for hydroxylation is 1. The van der Waals surface area contributed by atoms with Gasteiger partial charge in [0.1, 0.15) is 0 Å². The van der Waals surface area contributed by atoms with Gasteiger partial charge in [0.15, 0.2) is 4.34 Å². The Hall–Kier alpha value is -2.70. The fraction of sp³-hybridized carbons (Fsp3) is 0.0952. The van der Waals surface area contributed by atoms with Gasteiger partial charge in [-0.3, -0.25) is 9.78 Å². The Labute approximate surface area is 165 Å². The summed E-state index contributed by atoms with van der Waals surface area (Å²) in [6.07, 6.45) is 0. The number of hydrogen-bond donors (Lipinski definition) is 1. The van der Waals surface area contributed by atoms with E-state index in [9.17, 15) is 4.79 Å². The van der Waals surface area contributed by atoms with E-state index in [1.807, 2.05) is 73.0 Å². The maximum atomic E-state index is 12.4. The summed E-state index contributed by atoms with van der Waals surface area (Å²) in [5.74, 6) is 0.268. The molecule has 0 unspecified atom stereocenters. The van der Waals surface area contributed by atoms with E-state index in [-0.39, 0.29) is 5.91 Å². The molecule has 1 N–H and O–H groups in total. The molecule has 2 aromatic heterocycles. The first kappa shape index (κ1) is 17.7. The van der Waals surface area contributed by atoms with Crippen molar-refractivity contribution < 1.29 is 4.79 Å². The van der Waals surface area contributed by atoms with Crippen LogP contribution in [0.5, 0.6) is 0 Å². The van der Waals surface area contributed by atoms with Gasteiger partial charge in [-0.2, -0.15) is 0 Å². The molecule has 0 bridgehead atoms. The Morgan fingerprint density at radius 1 is 1.07 bits per heavy atom. The number of thiazole rings is 1. The van der Waals surface area contributed by atoms with Gasteiger partial charge in [0.05, 0.1) is 22.7 Å². The number of fused-ring (bicyclic) bond motifs is 1. The van der Waals surface area contributed by atoms with E-state index in [1.54, 1.807) is 11.3 Å². The molecule has 2 heterocycles. The predicted octanol–water partition coefficient (Wildman–Crippen LogP) is 5.40. The van der Waals surface area contributed by atoms with Crippen molar-refractivity contribution in [1.29, 1.82) is 0 Å². The van der Waals surface area contributed by atoms with Crippen molar-refractivity contribution >= 4 is 45.6 Å². The van der Waals surface area contributed by atoms with Crippen LogP contribution >= 0.6 is 23.1 Å². The second-order valence-corrected chi connectivity index (χ2v) is 8.11. The molecule has 4 rings (SSSR count). The number of nitrogens with zero attached hydrogens (tertiary/aromatic N) is 2. The zero-order valence-electron chi connectivity index (χ0n) is 14.7. The van der Waals surface area contributed by atoms with Crippen molar-refractivity contribution in [3.05, 3.63) is 71.7 Å². The number of hydrogen-bond acceptors (Lipinski definition) is 5. The smallest absolute Gasteiger partial charge is 0.234 e. The molecule has 0 spiro atoms. The van der Waals surface area contributed by atoms with Gasteiger partial charge in [-0.25, -0.2) is 4.98 Å². The van der Waals surface area contributed by atoms with Gasteiger partial charge in [0.25, 0.3) is 0 Å². The van der Waals surface area contributed by atoms with Gasteiger partial charge in [0.2, 0.25) is 5.91 Å². The minimum atomic E-state index is -0.0489. The van der Waals surface area contributed by atoms with Gasteiger partial charge < -0.3 is 5.32 Å². The average molecular weight is 392 g/mol.